The normalized spacial score (nSPS) is 11.0. The molecular formula is C20H26Br2O2. The quantitative estimate of drug-likeness (QED) is 0.297. The van der Waals surface area contributed by atoms with Crippen molar-refractivity contribution in [3.05, 3.63) is 35.4 Å². The van der Waals surface area contributed by atoms with Crippen LogP contribution in [0.1, 0.15) is 36.8 Å². The molecule has 0 spiro atoms. The largest absolute Gasteiger partial charge is 0.493 e. The van der Waals surface area contributed by atoms with Gasteiger partial charge in [0.15, 0.2) is 0 Å². The van der Waals surface area contributed by atoms with E-state index < -0.39 is 0 Å². The highest BCUT2D eigenvalue weighted by atomic mass is 79.9. The van der Waals surface area contributed by atoms with Crippen LogP contribution in [0.4, 0.5) is 0 Å². The number of aryl methyl sites for hydroxylation is 2. The molecule has 0 saturated carbocycles. The van der Waals surface area contributed by atoms with Crippen LogP contribution < -0.4 is 9.47 Å². The van der Waals surface area contributed by atoms with Crippen LogP contribution in [0.5, 0.6) is 11.5 Å². The van der Waals surface area contributed by atoms with Crippen molar-refractivity contribution in [2.45, 2.75) is 39.5 Å². The van der Waals surface area contributed by atoms with E-state index in [1.807, 2.05) is 0 Å². The van der Waals surface area contributed by atoms with E-state index in [1.165, 1.54) is 5.56 Å². The van der Waals surface area contributed by atoms with Crippen LogP contribution in [0, 0.1) is 13.8 Å². The van der Waals surface area contributed by atoms with E-state index >= 15 is 0 Å². The van der Waals surface area contributed by atoms with Crippen molar-refractivity contribution in [2.75, 3.05) is 23.9 Å². The SMILES string of the molecule is Cc1ccc2c(OCCCCBr)c(C)cc(OCCCCBr)c2c1. The summed E-state index contributed by atoms with van der Waals surface area (Å²) in [5, 5.41) is 4.34. The molecule has 2 rings (SSSR count). The summed E-state index contributed by atoms with van der Waals surface area (Å²) in [6.45, 7) is 5.72. The van der Waals surface area contributed by atoms with Gasteiger partial charge in [-0.15, -0.1) is 0 Å². The van der Waals surface area contributed by atoms with Gasteiger partial charge < -0.3 is 9.47 Å². The number of unbranched alkanes of at least 4 members (excludes halogenated alkanes) is 2. The van der Waals surface area contributed by atoms with Gasteiger partial charge in [-0.1, -0.05) is 49.6 Å². The first-order valence-electron chi connectivity index (χ1n) is 8.59. The molecule has 0 N–H and O–H groups in total. The predicted molar refractivity (Wildman–Crippen MR) is 110 cm³/mol. The first kappa shape index (κ1) is 19.6. The van der Waals surface area contributed by atoms with Crippen molar-refractivity contribution < 1.29 is 9.47 Å². The molecule has 24 heavy (non-hydrogen) atoms. The van der Waals surface area contributed by atoms with Gasteiger partial charge in [0.2, 0.25) is 0 Å². The van der Waals surface area contributed by atoms with E-state index in [0.29, 0.717) is 0 Å². The van der Waals surface area contributed by atoms with Crippen LogP contribution in [0.2, 0.25) is 0 Å². The zero-order valence-corrected chi connectivity index (χ0v) is 17.7. The van der Waals surface area contributed by atoms with Gasteiger partial charge >= 0.3 is 0 Å². The third-order valence-corrected chi connectivity index (χ3v) is 5.07. The number of fused-ring (bicyclic) bond motifs is 1. The Kier molecular flexibility index (Phi) is 8.40. The Bertz CT molecular complexity index is 656. The Morgan fingerprint density at radius 2 is 1.46 bits per heavy atom. The summed E-state index contributed by atoms with van der Waals surface area (Å²) >= 11 is 6.93. The molecule has 132 valence electrons. The molecule has 0 bridgehead atoms. The molecule has 0 aliphatic carbocycles. The number of benzene rings is 2. The highest BCUT2D eigenvalue weighted by Crippen LogP contribution is 2.37. The predicted octanol–water partition coefficient (Wildman–Crippen LogP) is 6.56. The van der Waals surface area contributed by atoms with E-state index in [0.717, 1.165) is 77.4 Å². The fraction of sp³-hybridized carbons (Fsp3) is 0.500. The summed E-state index contributed by atoms with van der Waals surface area (Å²) in [6, 6.07) is 8.61. The fourth-order valence-electron chi connectivity index (χ4n) is 2.67. The number of hydrogen-bond donors (Lipinski definition) is 0. The van der Waals surface area contributed by atoms with Crippen molar-refractivity contribution >= 4 is 42.6 Å². The van der Waals surface area contributed by atoms with Crippen molar-refractivity contribution in [3.8, 4) is 11.5 Å². The van der Waals surface area contributed by atoms with Gasteiger partial charge in [-0.05, 0) is 57.2 Å². The van der Waals surface area contributed by atoms with Crippen molar-refractivity contribution in [3.63, 3.8) is 0 Å². The molecule has 2 aromatic rings. The highest BCUT2D eigenvalue weighted by Gasteiger charge is 2.12. The topological polar surface area (TPSA) is 18.5 Å². The van der Waals surface area contributed by atoms with Gasteiger partial charge in [-0.3, -0.25) is 0 Å². The summed E-state index contributed by atoms with van der Waals surface area (Å²) in [4.78, 5) is 0. The summed E-state index contributed by atoms with van der Waals surface area (Å²) in [5.41, 5.74) is 2.38. The second kappa shape index (κ2) is 10.3. The van der Waals surface area contributed by atoms with Gasteiger partial charge in [0.05, 0.1) is 13.2 Å². The lowest BCUT2D eigenvalue weighted by atomic mass is 10.0. The average Bonchev–Trinajstić information content (AvgIpc) is 2.57. The van der Waals surface area contributed by atoms with Crippen LogP contribution in [0.3, 0.4) is 0 Å². The van der Waals surface area contributed by atoms with Crippen LogP contribution in [-0.4, -0.2) is 23.9 Å². The van der Waals surface area contributed by atoms with E-state index in [-0.39, 0.29) is 0 Å². The fourth-order valence-corrected chi connectivity index (χ4v) is 3.47. The number of alkyl halides is 2. The Balaban J connectivity index is 2.26. The molecule has 0 aliphatic heterocycles. The molecule has 2 aromatic carbocycles. The molecule has 0 aliphatic rings. The van der Waals surface area contributed by atoms with Gasteiger partial charge in [0.1, 0.15) is 11.5 Å². The minimum Gasteiger partial charge on any atom is -0.493 e. The molecule has 0 radical (unpaired) electrons. The zero-order valence-electron chi connectivity index (χ0n) is 14.5. The minimum absolute atomic E-state index is 0.750. The Labute approximate surface area is 162 Å². The Morgan fingerprint density at radius 1 is 0.792 bits per heavy atom. The maximum atomic E-state index is 6.11. The first-order valence-corrected chi connectivity index (χ1v) is 10.8. The molecule has 2 nitrogen and oxygen atoms in total. The third kappa shape index (κ3) is 5.38. The van der Waals surface area contributed by atoms with E-state index in [2.05, 4.69) is 70.0 Å². The van der Waals surface area contributed by atoms with Gasteiger partial charge in [-0.25, -0.2) is 0 Å². The standard InChI is InChI=1S/C20H26Br2O2/c1-15-7-8-17-18(13-15)19(23-11-5-3-9-21)14-16(2)20(17)24-12-6-4-10-22/h7-8,13-14H,3-6,9-12H2,1-2H3. The van der Waals surface area contributed by atoms with Crippen molar-refractivity contribution in [2.24, 2.45) is 0 Å². The molecule has 0 fully saturated rings. The number of rotatable bonds is 10. The maximum absolute atomic E-state index is 6.11. The molecular weight excluding hydrogens is 432 g/mol. The Morgan fingerprint density at radius 3 is 2.12 bits per heavy atom. The third-order valence-electron chi connectivity index (χ3n) is 3.95. The van der Waals surface area contributed by atoms with Crippen LogP contribution in [-0.2, 0) is 0 Å². The summed E-state index contributed by atoms with van der Waals surface area (Å²) in [6.07, 6.45) is 4.38. The molecule has 0 amide bonds. The monoisotopic (exact) mass is 456 g/mol. The maximum Gasteiger partial charge on any atom is 0.130 e. The van der Waals surface area contributed by atoms with E-state index in [1.54, 1.807) is 0 Å². The van der Waals surface area contributed by atoms with Crippen LogP contribution in [0.25, 0.3) is 10.8 Å². The minimum atomic E-state index is 0.750. The zero-order chi connectivity index (χ0) is 17.4. The first-order chi connectivity index (χ1) is 11.7. The van der Waals surface area contributed by atoms with Crippen LogP contribution >= 0.6 is 31.9 Å². The lowest BCUT2D eigenvalue weighted by Crippen LogP contribution is -2.03. The second-order valence-corrected chi connectivity index (χ2v) is 7.64. The molecule has 0 saturated heterocycles. The van der Waals surface area contributed by atoms with E-state index in [9.17, 15) is 0 Å². The molecule has 0 heterocycles. The van der Waals surface area contributed by atoms with Crippen molar-refractivity contribution in [1.29, 1.82) is 0 Å². The summed E-state index contributed by atoms with van der Waals surface area (Å²) in [7, 11) is 0. The second-order valence-electron chi connectivity index (χ2n) is 6.06. The van der Waals surface area contributed by atoms with E-state index in [4.69, 9.17) is 9.47 Å². The smallest absolute Gasteiger partial charge is 0.130 e. The molecule has 0 atom stereocenters. The number of hydrogen-bond acceptors (Lipinski definition) is 2. The number of ether oxygens (including phenoxy) is 2. The summed E-state index contributed by atoms with van der Waals surface area (Å²) in [5.74, 6) is 1.96. The lowest BCUT2D eigenvalue weighted by Gasteiger charge is -2.16. The summed E-state index contributed by atoms with van der Waals surface area (Å²) < 4.78 is 12.2. The van der Waals surface area contributed by atoms with Crippen LogP contribution in [0.15, 0.2) is 24.3 Å². The van der Waals surface area contributed by atoms with Gasteiger partial charge in [0, 0.05) is 21.4 Å². The van der Waals surface area contributed by atoms with Crippen molar-refractivity contribution in [1.82, 2.24) is 0 Å². The van der Waals surface area contributed by atoms with Gasteiger partial charge in [0.25, 0.3) is 0 Å². The van der Waals surface area contributed by atoms with Gasteiger partial charge in [-0.2, -0.15) is 0 Å². The average molecular weight is 458 g/mol. The Hall–Kier alpha value is -0.740. The highest BCUT2D eigenvalue weighted by molar-refractivity contribution is 9.09. The lowest BCUT2D eigenvalue weighted by molar-refractivity contribution is 0.305. The number of halogens is 2. The molecule has 4 heteroatoms. The molecule has 0 unspecified atom stereocenters. The molecule has 0 aromatic heterocycles.